The van der Waals surface area contributed by atoms with E-state index in [1.54, 1.807) is 0 Å². The summed E-state index contributed by atoms with van der Waals surface area (Å²) in [6.45, 7) is 0.216. The van der Waals surface area contributed by atoms with Crippen molar-refractivity contribution < 1.29 is 13.5 Å². The largest absolute Gasteiger partial charge is 0.486 e. The molecule has 1 aliphatic carbocycles. The topological polar surface area (TPSA) is 35.2 Å². The van der Waals surface area contributed by atoms with Gasteiger partial charge in [-0.05, 0) is 36.0 Å². The minimum Gasteiger partial charge on any atom is -0.486 e. The summed E-state index contributed by atoms with van der Waals surface area (Å²) in [5.41, 5.74) is 8.74. The molecule has 0 amide bonds. The van der Waals surface area contributed by atoms with E-state index in [0.717, 1.165) is 30.5 Å². The summed E-state index contributed by atoms with van der Waals surface area (Å²) in [6.07, 6.45) is 3.37. The maximum atomic E-state index is 13.6. The van der Waals surface area contributed by atoms with Gasteiger partial charge in [0.15, 0.2) is 11.6 Å². The van der Waals surface area contributed by atoms with E-state index < -0.39 is 11.6 Å². The lowest BCUT2D eigenvalue weighted by molar-refractivity contribution is 0.288. The molecule has 0 aliphatic heterocycles. The van der Waals surface area contributed by atoms with E-state index in [1.165, 1.54) is 17.5 Å². The van der Waals surface area contributed by atoms with Gasteiger partial charge in [0.2, 0.25) is 0 Å². The second-order valence-electron chi connectivity index (χ2n) is 5.05. The summed E-state index contributed by atoms with van der Waals surface area (Å²) in [7, 11) is 0. The van der Waals surface area contributed by atoms with Crippen LogP contribution < -0.4 is 10.5 Å². The molecule has 3 rings (SSSR count). The van der Waals surface area contributed by atoms with Gasteiger partial charge >= 0.3 is 0 Å². The molecular weight excluding hydrogens is 260 g/mol. The molecule has 0 radical (unpaired) electrons. The Labute approximate surface area is 116 Å². The van der Waals surface area contributed by atoms with Gasteiger partial charge in [-0.1, -0.05) is 18.2 Å². The zero-order chi connectivity index (χ0) is 14.1. The first-order valence-corrected chi connectivity index (χ1v) is 6.61. The molecule has 2 aromatic rings. The minimum atomic E-state index is -0.671. The number of hydrogen-bond acceptors (Lipinski definition) is 2. The van der Waals surface area contributed by atoms with Crippen LogP contribution in [-0.4, -0.2) is 0 Å². The van der Waals surface area contributed by atoms with Gasteiger partial charge in [-0.25, -0.2) is 8.78 Å². The summed E-state index contributed by atoms with van der Waals surface area (Å²) < 4.78 is 32.2. The molecule has 20 heavy (non-hydrogen) atoms. The lowest BCUT2D eigenvalue weighted by atomic mass is 10.1. The average molecular weight is 275 g/mol. The number of aryl methyl sites for hydroxylation is 2. The Balaban J connectivity index is 1.75. The third-order valence-corrected chi connectivity index (χ3v) is 3.61. The van der Waals surface area contributed by atoms with Crippen LogP contribution in [0, 0.1) is 11.6 Å². The van der Waals surface area contributed by atoms with Crippen molar-refractivity contribution in [2.24, 2.45) is 0 Å². The first kappa shape index (κ1) is 12.9. The number of anilines is 1. The number of ether oxygens (including phenoxy) is 1. The second-order valence-corrected chi connectivity index (χ2v) is 5.05. The van der Waals surface area contributed by atoms with Crippen LogP contribution in [0.25, 0.3) is 0 Å². The van der Waals surface area contributed by atoms with Crippen LogP contribution >= 0.6 is 0 Å². The highest BCUT2D eigenvalue weighted by Gasteiger charge is 2.12. The number of benzene rings is 2. The van der Waals surface area contributed by atoms with Crippen LogP contribution in [0.5, 0.6) is 5.75 Å². The molecule has 0 heterocycles. The van der Waals surface area contributed by atoms with Gasteiger partial charge in [-0.15, -0.1) is 0 Å². The maximum Gasteiger partial charge on any atom is 0.167 e. The van der Waals surface area contributed by atoms with Crippen molar-refractivity contribution in [1.82, 2.24) is 0 Å². The smallest absolute Gasteiger partial charge is 0.167 e. The van der Waals surface area contributed by atoms with Gasteiger partial charge in [-0.2, -0.15) is 0 Å². The predicted molar refractivity (Wildman–Crippen MR) is 73.6 cm³/mol. The van der Waals surface area contributed by atoms with Gasteiger partial charge in [0, 0.05) is 12.1 Å². The Morgan fingerprint density at radius 2 is 1.80 bits per heavy atom. The molecule has 0 atom stereocenters. The first-order valence-electron chi connectivity index (χ1n) is 6.61. The van der Waals surface area contributed by atoms with Crippen molar-refractivity contribution in [3.63, 3.8) is 0 Å². The molecule has 2 nitrogen and oxygen atoms in total. The number of hydrogen-bond donors (Lipinski definition) is 1. The van der Waals surface area contributed by atoms with Crippen molar-refractivity contribution in [2.75, 3.05) is 5.73 Å². The van der Waals surface area contributed by atoms with E-state index in [2.05, 4.69) is 12.1 Å². The third kappa shape index (κ3) is 2.46. The summed E-state index contributed by atoms with van der Waals surface area (Å²) in [6, 6.07) is 8.05. The molecule has 0 saturated carbocycles. The van der Waals surface area contributed by atoms with E-state index in [9.17, 15) is 8.78 Å². The van der Waals surface area contributed by atoms with Crippen molar-refractivity contribution in [3.8, 4) is 5.75 Å². The standard InChI is InChI=1S/C16H15F2NO/c17-13-8-16(14(18)7-15(13)19)20-9-10-4-5-11-2-1-3-12(11)6-10/h4-8H,1-3,9,19H2. The minimum absolute atomic E-state index is 0.114. The van der Waals surface area contributed by atoms with Crippen molar-refractivity contribution in [3.05, 3.63) is 58.7 Å². The Morgan fingerprint density at radius 3 is 2.65 bits per heavy atom. The Morgan fingerprint density at radius 1 is 1.00 bits per heavy atom. The summed E-state index contributed by atoms with van der Waals surface area (Å²) >= 11 is 0. The lowest BCUT2D eigenvalue weighted by Crippen LogP contribution is -2.01. The van der Waals surface area contributed by atoms with E-state index in [-0.39, 0.29) is 18.0 Å². The van der Waals surface area contributed by atoms with Crippen molar-refractivity contribution >= 4 is 5.69 Å². The highest BCUT2D eigenvalue weighted by molar-refractivity contribution is 5.44. The highest BCUT2D eigenvalue weighted by Crippen LogP contribution is 2.26. The van der Waals surface area contributed by atoms with E-state index >= 15 is 0 Å². The number of halogens is 2. The average Bonchev–Trinajstić information content (AvgIpc) is 2.89. The normalized spacial score (nSPS) is 13.3. The number of rotatable bonds is 3. The SMILES string of the molecule is Nc1cc(F)c(OCc2ccc3c(c2)CCC3)cc1F. The number of nitrogen functional groups attached to an aromatic ring is 1. The van der Waals surface area contributed by atoms with Crippen molar-refractivity contribution in [1.29, 1.82) is 0 Å². The highest BCUT2D eigenvalue weighted by atomic mass is 19.1. The molecule has 2 aromatic carbocycles. The summed E-state index contributed by atoms with van der Waals surface area (Å²) in [5.74, 6) is -1.43. The molecule has 0 aromatic heterocycles. The van der Waals surface area contributed by atoms with Crippen LogP contribution in [0.15, 0.2) is 30.3 Å². The van der Waals surface area contributed by atoms with Gasteiger partial charge in [0.1, 0.15) is 12.4 Å². The second kappa shape index (κ2) is 5.12. The molecule has 0 bridgehead atoms. The van der Waals surface area contributed by atoms with Crippen LogP contribution in [-0.2, 0) is 19.4 Å². The van der Waals surface area contributed by atoms with Crippen LogP contribution in [0.1, 0.15) is 23.1 Å². The first-order chi connectivity index (χ1) is 9.63. The van der Waals surface area contributed by atoms with Crippen LogP contribution in [0.2, 0.25) is 0 Å². The fraction of sp³-hybridized carbons (Fsp3) is 0.250. The van der Waals surface area contributed by atoms with Gasteiger partial charge in [0.25, 0.3) is 0 Å². The predicted octanol–water partition coefficient (Wildman–Crippen LogP) is 3.61. The molecule has 0 saturated heterocycles. The Bertz CT molecular complexity index is 655. The maximum absolute atomic E-state index is 13.6. The third-order valence-electron chi connectivity index (χ3n) is 3.61. The monoisotopic (exact) mass is 275 g/mol. The quantitative estimate of drug-likeness (QED) is 0.868. The molecule has 0 fully saturated rings. The zero-order valence-corrected chi connectivity index (χ0v) is 11.0. The fourth-order valence-electron chi connectivity index (χ4n) is 2.53. The zero-order valence-electron chi connectivity index (χ0n) is 11.0. The molecule has 0 unspecified atom stereocenters. The van der Waals surface area contributed by atoms with Gasteiger partial charge < -0.3 is 10.5 Å². The van der Waals surface area contributed by atoms with Crippen LogP contribution in [0.3, 0.4) is 0 Å². The molecule has 0 spiro atoms. The Kier molecular flexibility index (Phi) is 3.30. The molecular formula is C16H15F2NO. The Hall–Kier alpha value is -2.10. The molecule has 2 N–H and O–H groups in total. The fourth-order valence-corrected chi connectivity index (χ4v) is 2.53. The van der Waals surface area contributed by atoms with Crippen LogP contribution in [0.4, 0.5) is 14.5 Å². The van der Waals surface area contributed by atoms with E-state index in [1.807, 2.05) is 6.07 Å². The number of nitrogens with two attached hydrogens (primary N) is 1. The van der Waals surface area contributed by atoms with E-state index in [4.69, 9.17) is 10.5 Å². The van der Waals surface area contributed by atoms with E-state index in [0.29, 0.717) is 0 Å². The van der Waals surface area contributed by atoms with Gasteiger partial charge in [-0.3, -0.25) is 0 Å². The molecule has 104 valence electrons. The summed E-state index contributed by atoms with van der Waals surface area (Å²) in [5, 5.41) is 0. The molecule has 1 aliphatic rings. The van der Waals surface area contributed by atoms with Gasteiger partial charge in [0.05, 0.1) is 5.69 Å². The summed E-state index contributed by atoms with van der Waals surface area (Å²) in [4.78, 5) is 0. The number of fused-ring (bicyclic) bond motifs is 1. The molecule has 4 heteroatoms. The van der Waals surface area contributed by atoms with Crippen molar-refractivity contribution in [2.45, 2.75) is 25.9 Å². The lowest BCUT2D eigenvalue weighted by Gasteiger charge is -2.09.